The Morgan fingerprint density at radius 3 is 2.20 bits per heavy atom. The summed E-state index contributed by atoms with van der Waals surface area (Å²) >= 11 is 0. The quantitative estimate of drug-likeness (QED) is 0.878. The van der Waals surface area contributed by atoms with E-state index in [1.54, 1.807) is 0 Å². The van der Waals surface area contributed by atoms with E-state index in [9.17, 15) is 0 Å². The van der Waals surface area contributed by atoms with Crippen molar-refractivity contribution in [3.8, 4) is 0 Å². The number of aryl methyl sites for hydroxylation is 1. The first-order chi connectivity index (χ1) is 9.65. The standard InChI is InChI=1S/C18H30N2/c1-4-18(15-8-6-14(3)7-9-15)20(5-2)17-12-10-16(19)11-13-17/h6-9,16-18H,4-5,10-13,19H2,1-3H3. The molecule has 20 heavy (non-hydrogen) atoms. The van der Waals surface area contributed by atoms with Gasteiger partial charge in [0.25, 0.3) is 0 Å². The minimum atomic E-state index is 0.435. The second-order valence-electron chi connectivity index (χ2n) is 6.23. The lowest BCUT2D eigenvalue weighted by molar-refractivity contribution is 0.103. The van der Waals surface area contributed by atoms with E-state index in [1.165, 1.54) is 43.2 Å². The molecule has 1 aliphatic carbocycles. The van der Waals surface area contributed by atoms with E-state index in [-0.39, 0.29) is 0 Å². The molecule has 2 heteroatoms. The second-order valence-corrected chi connectivity index (χ2v) is 6.23. The van der Waals surface area contributed by atoms with Gasteiger partial charge in [-0.05, 0) is 51.1 Å². The number of nitrogens with two attached hydrogens (primary N) is 1. The SMILES string of the molecule is CCC(c1ccc(C)cc1)N(CC)C1CCC(N)CC1. The minimum Gasteiger partial charge on any atom is -0.328 e. The lowest BCUT2D eigenvalue weighted by Crippen LogP contribution is -2.42. The van der Waals surface area contributed by atoms with Crippen molar-refractivity contribution in [3.05, 3.63) is 35.4 Å². The highest BCUT2D eigenvalue weighted by Crippen LogP contribution is 2.31. The molecule has 0 radical (unpaired) electrons. The van der Waals surface area contributed by atoms with Crippen molar-refractivity contribution in [2.75, 3.05) is 6.54 Å². The van der Waals surface area contributed by atoms with E-state index in [4.69, 9.17) is 5.73 Å². The molecule has 1 aromatic carbocycles. The zero-order valence-electron chi connectivity index (χ0n) is 13.3. The zero-order chi connectivity index (χ0) is 14.5. The summed E-state index contributed by atoms with van der Waals surface area (Å²) in [6.45, 7) is 7.89. The Labute approximate surface area is 124 Å². The summed E-state index contributed by atoms with van der Waals surface area (Å²) in [7, 11) is 0. The Balaban J connectivity index is 2.12. The van der Waals surface area contributed by atoms with Gasteiger partial charge in [0.1, 0.15) is 0 Å². The van der Waals surface area contributed by atoms with Crippen LogP contribution in [0.4, 0.5) is 0 Å². The summed E-state index contributed by atoms with van der Waals surface area (Å²) in [6, 6.07) is 10.8. The molecule has 2 N–H and O–H groups in total. The topological polar surface area (TPSA) is 29.3 Å². The van der Waals surface area contributed by atoms with Gasteiger partial charge in [0, 0.05) is 18.1 Å². The summed E-state index contributed by atoms with van der Waals surface area (Å²) in [5, 5.41) is 0. The summed E-state index contributed by atoms with van der Waals surface area (Å²) in [5.74, 6) is 0. The third-order valence-electron chi connectivity index (χ3n) is 4.82. The van der Waals surface area contributed by atoms with Crippen molar-refractivity contribution in [2.45, 2.75) is 71.0 Å². The van der Waals surface area contributed by atoms with Crippen LogP contribution >= 0.6 is 0 Å². The van der Waals surface area contributed by atoms with E-state index >= 15 is 0 Å². The fourth-order valence-corrected chi connectivity index (χ4v) is 3.62. The van der Waals surface area contributed by atoms with Gasteiger partial charge in [0.15, 0.2) is 0 Å². The molecule has 1 aliphatic rings. The first kappa shape index (κ1) is 15.5. The number of hydrogen-bond donors (Lipinski definition) is 1. The van der Waals surface area contributed by atoms with E-state index in [0.717, 1.165) is 6.54 Å². The number of benzene rings is 1. The molecule has 112 valence electrons. The Morgan fingerprint density at radius 2 is 1.70 bits per heavy atom. The maximum absolute atomic E-state index is 6.06. The summed E-state index contributed by atoms with van der Waals surface area (Å²) in [6.07, 6.45) is 6.07. The first-order valence-corrected chi connectivity index (χ1v) is 8.23. The molecule has 0 bridgehead atoms. The van der Waals surface area contributed by atoms with Crippen molar-refractivity contribution >= 4 is 0 Å². The van der Waals surface area contributed by atoms with E-state index in [0.29, 0.717) is 18.1 Å². The van der Waals surface area contributed by atoms with Crippen molar-refractivity contribution in [1.82, 2.24) is 4.90 Å². The Morgan fingerprint density at radius 1 is 1.10 bits per heavy atom. The summed E-state index contributed by atoms with van der Waals surface area (Å²) in [5.41, 5.74) is 8.87. The second kappa shape index (κ2) is 7.24. The van der Waals surface area contributed by atoms with Crippen LogP contribution in [-0.4, -0.2) is 23.5 Å². The molecule has 0 aliphatic heterocycles. The largest absolute Gasteiger partial charge is 0.328 e. The Kier molecular flexibility index (Phi) is 5.62. The van der Waals surface area contributed by atoms with Gasteiger partial charge in [-0.3, -0.25) is 4.90 Å². The predicted molar refractivity (Wildman–Crippen MR) is 86.8 cm³/mol. The molecule has 1 atom stereocenters. The lowest BCUT2D eigenvalue weighted by Gasteiger charge is -2.40. The molecule has 1 saturated carbocycles. The van der Waals surface area contributed by atoms with Crippen LogP contribution in [0.15, 0.2) is 24.3 Å². The average Bonchev–Trinajstić information content (AvgIpc) is 2.47. The smallest absolute Gasteiger partial charge is 0.0348 e. The molecule has 0 aromatic heterocycles. The van der Waals surface area contributed by atoms with Crippen LogP contribution in [0.25, 0.3) is 0 Å². The van der Waals surface area contributed by atoms with Crippen LogP contribution < -0.4 is 5.73 Å². The van der Waals surface area contributed by atoms with Gasteiger partial charge in [0.2, 0.25) is 0 Å². The van der Waals surface area contributed by atoms with Crippen LogP contribution in [0.2, 0.25) is 0 Å². The van der Waals surface area contributed by atoms with Crippen LogP contribution in [0.3, 0.4) is 0 Å². The van der Waals surface area contributed by atoms with Gasteiger partial charge < -0.3 is 5.73 Å². The van der Waals surface area contributed by atoms with E-state index in [2.05, 4.69) is 49.9 Å². The van der Waals surface area contributed by atoms with Gasteiger partial charge in [0.05, 0.1) is 0 Å². The normalized spacial score (nSPS) is 24.9. The highest BCUT2D eigenvalue weighted by molar-refractivity contribution is 5.24. The van der Waals surface area contributed by atoms with E-state index < -0.39 is 0 Å². The lowest BCUT2D eigenvalue weighted by atomic mass is 9.88. The molecule has 2 nitrogen and oxygen atoms in total. The molecular formula is C18H30N2. The van der Waals surface area contributed by atoms with Crippen molar-refractivity contribution in [3.63, 3.8) is 0 Å². The minimum absolute atomic E-state index is 0.435. The molecule has 1 aromatic rings. The van der Waals surface area contributed by atoms with Gasteiger partial charge in [-0.1, -0.05) is 43.7 Å². The maximum atomic E-state index is 6.06. The number of nitrogens with zero attached hydrogens (tertiary/aromatic N) is 1. The molecule has 0 spiro atoms. The van der Waals surface area contributed by atoms with Crippen LogP contribution in [0.5, 0.6) is 0 Å². The van der Waals surface area contributed by atoms with Crippen molar-refractivity contribution < 1.29 is 0 Å². The van der Waals surface area contributed by atoms with Crippen LogP contribution in [0, 0.1) is 6.92 Å². The van der Waals surface area contributed by atoms with Gasteiger partial charge in [-0.15, -0.1) is 0 Å². The fourth-order valence-electron chi connectivity index (χ4n) is 3.62. The Hall–Kier alpha value is -0.860. The van der Waals surface area contributed by atoms with Crippen molar-refractivity contribution in [2.24, 2.45) is 5.73 Å². The molecule has 1 fully saturated rings. The van der Waals surface area contributed by atoms with E-state index in [1.807, 2.05) is 0 Å². The van der Waals surface area contributed by atoms with Crippen molar-refractivity contribution in [1.29, 1.82) is 0 Å². The third-order valence-corrected chi connectivity index (χ3v) is 4.82. The molecule has 0 heterocycles. The fraction of sp³-hybridized carbons (Fsp3) is 0.667. The Bertz CT molecular complexity index is 390. The highest BCUT2D eigenvalue weighted by atomic mass is 15.2. The monoisotopic (exact) mass is 274 g/mol. The number of rotatable bonds is 5. The molecule has 0 amide bonds. The molecular weight excluding hydrogens is 244 g/mol. The van der Waals surface area contributed by atoms with Crippen LogP contribution in [-0.2, 0) is 0 Å². The average molecular weight is 274 g/mol. The zero-order valence-corrected chi connectivity index (χ0v) is 13.3. The highest BCUT2D eigenvalue weighted by Gasteiger charge is 2.28. The number of hydrogen-bond acceptors (Lipinski definition) is 2. The summed E-state index contributed by atoms with van der Waals surface area (Å²) < 4.78 is 0. The summed E-state index contributed by atoms with van der Waals surface area (Å²) in [4.78, 5) is 2.70. The van der Waals surface area contributed by atoms with Crippen LogP contribution in [0.1, 0.15) is 63.1 Å². The predicted octanol–water partition coefficient (Wildman–Crippen LogP) is 4.04. The third kappa shape index (κ3) is 3.62. The molecule has 2 rings (SSSR count). The molecule has 0 saturated heterocycles. The van der Waals surface area contributed by atoms with Gasteiger partial charge in [-0.25, -0.2) is 0 Å². The maximum Gasteiger partial charge on any atom is 0.0348 e. The molecule has 1 unspecified atom stereocenters. The van der Waals surface area contributed by atoms with Gasteiger partial charge >= 0.3 is 0 Å². The van der Waals surface area contributed by atoms with Gasteiger partial charge in [-0.2, -0.15) is 0 Å². The first-order valence-electron chi connectivity index (χ1n) is 8.23.